The Morgan fingerprint density at radius 2 is 2.07 bits per heavy atom. The molecule has 0 spiro atoms. The lowest BCUT2D eigenvalue weighted by Crippen LogP contribution is -2.12. The zero-order valence-electron chi connectivity index (χ0n) is 15.8. The van der Waals surface area contributed by atoms with Gasteiger partial charge in [-0.15, -0.1) is 11.3 Å². The third kappa shape index (κ3) is 3.29. The van der Waals surface area contributed by atoms with Gasteiger partial charge in [-0.2, -0.15) is 5.10 Å². The van der Waals surface area contributed by atoms with Gasteiger partial charge in [0, 0.05) is 23.2 Å². The number of aromatic nitrogens is 4. The minimum absolute atomic E-state index is 0.256. The van der Waals surface area contributed by atoms with Crippen molar-refractivity contribution in [2.45, 2.75) is 20.3 Å². The molecule has 0 saturated carbocycles. The van der Waals surface area contributed by atoms with Crippen LogP contribution in [0.3, 0.4) is 0 Å². The molecule has 5 rings (SSSR count). The van der Waals surface area contributed by atoms with Crippen molar-refractivity contribution in [3.8, 4) is 11.5 Å². The molecule has 0 radical (unpaired) electrons. The van der Waals surface area contributed by atoms with Crippen molar-refractivity contribution in [2.75, 3.05) is 12.1 Å². The Balaban J connectivity index is 1.36. The maximum Gasteiger partial charge on any atom is 0.262 e. The van der Waals surface area contributed by atoms with Crippen LogP contribution in [-0.4, -0.2) is 32.3 Å². The van der Waals surface area contributed by atoms with Gasteiger partial charge in [0.1, 0.15) is 5.56 Å². The Morgan fingerprint density at radius 1 is 1.21 bits per heavy atom. The molecule has 3 aromatic heterocycles. The molecule has 1 aliphatic heterocycles. The molecule has 0 fully saturated rings. The van der Waals surface area contributed by atoms with Crippen LogP contribution in [0.1, 0.15) is 32.2 Å². The lowest BCUT2D eigenvalue weighted by Gasteiger charge is -2.02. The number of rotatable bonds is 4. The van der Waals surface area contributed by atoms with E-state index in [1.165, 1.54) is 17.5 Å². The maximum absolute atomic E-state index is 12.7. The molecule has 0 unspecified atom stereocenters. The normalized spacial score (nSPS) is 12.5. The molecule has 146 valence electrons. The van der Waals surface area contributed by atoms with E-state index in [1.807, 2.05) is 38.1 Å². The minimum Gasteiger partial charge on any atom is -0.454 e. The van der Waals surface area contributed by atoms with E-state index in [1.54, 1.807) is 10.7 Å². The van der Waals surface area contributed by atoms with Gasteiger partial charge in [-0.1, -0.05) is 6.07 Å². The first-order valence-electron chi connectivity index (χ1n) is 9.04. The van der Waals surface area contributed by atoms with Crippen LogP contribution < -0.4 is 14.8 Å². The Kier molecular flexibility index (Phi) is 4.17. The fourth-order valence-corrected chi connectivity index (χ4v) is 4.16. The van der Waals surface area contributed by atoms with Crippen LogP contribution >= 0.6 is 11.3 Å². The lowest BCUT2D eigenvalue weighted by molar-refractivity contribution is 0.102. The summed E-state index contributed by atoms with van der Waals surface area (Å²) in [6.07, 6.45) is 4.00. The molecule has 0 atom stereocenters. The van der Waals surface area contributed by atoms with Gasteiger partial charge in [-0.3, -0.25) is 10.1 Å². The number of amides is 1. The quantitative estimate of drug-likeness (QED) is 0.558. The second-order valence-corrected chi connectivity index (χ2v) is 7.83. The second kappa shape index (κ2) is 6.85. The summed E-state index contributed by atoms with van der Waals surface area (Å²) >= 11 is 1.46. The molecule has 9 heteroatoms. The molecule has 1 aliphatic rings. The van der Waals surface area contributed by atoms with E-state index in [4.69, 9.17) is 9.47 Å². The van der Waals surface area contributed by atoms with Crippen molar-refractivity contribution in [3.05, 3.63) is 64.1 Å². The highest BCUT2D eigenvalue weighted by atomic mass is 32.1. The molecular formula is C20H17N5O3S. The number of thiazole rings is 1. The molecule has 0 saturated heterocycles. The number of ether oxygens (including phenoxy) is 2. The van der Waals surface area contributed by atoms with Crippen LogP contribution in [0.25, 0.3) is 5.65 Å². The third-order valence-electron chi connectivity index (χ3n) is 4.67. The van der Waals surface area contributed by atoms with Gasteiger partial charge >= 0.3 is 0 Å². The smallest absolute Gasteiger partial charge is 0.262 e. The van der Waals surface area contributed by atoms with Gasteiger partial charge in [0.05, 0.1) is 11.9 Å². The number of anilines is 1. The monoisotopic (exact) mass is 407 g/mol. The van der Waals surface area contributed by atoms with Crippen LogP contribution in [-0.2, 0) is 6.42 Å². The van der Waals surface area contributed by atoms with Crippen LogP contribution in [0.2, 0.25) is 0 Å². The average Bonchev–Trinajstić information content (AvgIpc) is 3.40. The van der Waals surface area contributed by atoms with E-state index in [0.29, 0.717) is 22.8 Å². The Labute approximate surface area is 170 Å². The maximum atomic E-state index is 12.7. The van der Waals surface area contributed by atoms with Crippen molar-refractivity contribution < 1.29 is 14.3 Å². The summed E-state index contributed by atoms with van der Waals surface area (Å²) in [5.74, 6) is 1.25. The van der Waals surface area contributed by atoms with Crippen molar-refractivity contribution >= 4 is 28.0 Å². The summed E-state index contributed by atoms with van der Waals surface area (Å²) < 4.78 is 12.4. The highest BCUT2D eigenvalue weighted by Gasteiger charge is 2.18. The van der Waals surface area contributed by atoms with Crippen LogP contribution in [0.5, 0.6) is 11.5 Å². The van der Waals surface area contributed by atoms with Crippen LogP contribution in [0, 0.1) is 13.8 Å². The van der Waals surface area contributed by atoms with Gasteiger partial charge < -0.3 is 9.47 Å². The Hall–Kier alpha value is -3.46. The highest BCUT2D eigenvalue weighted by molar-refractivity contribution is 7.15. The lowest BCUT2D eigenvalue weighted by atomic mass is 10.1. The molecule has 29 heavy (non-hydrogen) atoms. The van der Waals surface area contributed by atoms with E-state index >= 15 is 0 Å². The summed E-state index contributed by atoms with van der Waals surface area (Å²) in [6, 6.07) is 7.75. The number of nitrogens with one attached hydrogen (secondary N) is 1. The van der Waals surface area contributed by atoms with Gasteiger partial charge in [-0.05, 0) is 37.6 Å². The number of hydrogen-bond acceptors (Lipinski definition) is 7. The van der Waals surface area contributed by atoms with Crippen molar-refractivity contribution in [1.29, 1.82) is 0 Å². The number of benzene rings is 1. The Bertz CT molecular complexity index is 1250. The SMILES string of the molecule is Cc1ccn2ncc(C(=O)Nc3nc(C)c(Cc4ccc5c(c4)OCO5)s3)c2n1. The Morgan fingerprint density at radius 3 is 2.97 bits per heavy atom. The molecule has 0 aliphatic carbocycles. The summed E-state index contributed by atoms with van der Waals surface area (Å²) in [5, 5.41) is 7.61. The predicted octanol–water partition coefficient (Wildman–Crippen LogP) is 3.37. The van der Waals surface area contributed by atoms with Crippen LogP contribution in [0.15, 0.2) is 36.7 Å². The standard InChI is InChI=1S/C20H17N5O3S/c1-11-5-6-25-18(22-11)14(9-21-25)19(26)24-20-23-12(2)17(29-20)8-13-3-4-15-16(7-13)28-10-27-15/h3-7,9H,8,10H2,1-2H3,(H,23,24,26). The second-order valence-electron chi connectivity index (χ2n) is 6.74. The molecule has 4 heterocycles. The molecule has 4 aromatic rings. The minimum atomic E-state index is -0.276. The number of carbonyl (C=O) groups excluding carboxylic acids is 1. The van der Waals surface area contributed by atoms with Crippen molar-refractivity contribution in [3.63, 3.8) is 0 Å². The van der Waals surface area contributed by atoms with Crippen LogP contribution in [0.4, 0.5) is 5.13 Å². The first-order valence-corrected chi connectivity index (χ1v) is 9.85. The van der Waals surface area contributed by atoms with Crippen molar-refractivity contribution in [2.24, 2.45) is 0 Å². The number of fused-ring (bicyclic) bond motifs is 2. The molecule has 1 amide bonds. The first-order chi connectivity index (χ1) is 14.1. The zero-order chi connectivity index (χ0) is 20.0. The van der Waals surface area contributed by atoms with Gasteiger partial charge in [0.2, 0.25) is 6.79 Å². The molecule has 8 nitrogen and oxygen atoms in total. The number of nitrogens with zero attached hydrogens (tertiary/aromatic N) is 4. The summed E-state index contributed by atoms with van der Waals surface area (Å²) in [4.78, 5) is 22.7. The largest absolute Gasteiger partial charge is 0.454 e. The fourth-order valence-electron chi connectivity index (χ4n) is 3.17. The number of aryl methyl sites for hydroxylation is 2. The third-order valence-corrected chi connectivity index (χ3v) is 5.74. The topological polar surface area (TPSA) is 90.6 Å². The van der Waals surface area contributed by atoms with Gasteiger partial charge in [0.15, 0.2) is 22.3 Å². The number of hydrogen-bond donors (Lipinski definition) is 1. The van der Waals surface area contributed by atoms with Crippen molar-refractivity contribution in [1.82, 2.24) is 19.6 Å². The molecule has 1 N–H and O–H groups in total. The number of carbonyl (C=O) groups is 1. The summed E-state index contributed by atoms with van der Waals surface area (Å²) in [6.45, 7) is 4.07. The van der Waals surface area contributed by atoms with Gasteiger partial charge in [0.25, 0.3) is 5.91 Å². The van der Waals surface area contributed by atoms with E-state index in [-0.39, 0.29) is 12.7 Å². The molecule has 0 bridgehead atoms. The van der Waals surface area contributed by atoms with E-state index in [0.717, 1.165) is 33.3 Å². The first kappa shape index (κ1) is 17.6. The average molecular weight is 407 g/mol. The molecule has 1 aromatic carbocycles. The van der Waals surface area contributed by atoms with Gasteiger partial charge in [-0.25, -0.2) is 14.5 Å². The fraction of sp³-hybridized carbons (Fsp3) is 0.200. The highest BCUT2D eigenvalue weighted by Crippen LogP contribution is 2.34. The molecular weight excluding hydrogens is 390 g/mol. The zero-order valence-corrected chi connectivity index (χ0v) is 16.6. The van der Waals surface area contributed by atoms with E-state index in [2.05, 4.69) is 20.4 Å². The summed E-state index contributed by atoms with van der Waals surface area (Å²) in [7, 11) is 0. The summed E-state index contributed by atoms with van der Waals surface area (Å²) in [5.41, 5.74) is 3.75. The predicted molar refractivity (Wildman–Crippen MR) is 108 cm³/mol. The van der Waals surface area contributed by atoms with E-state index in [9.17, 15) is 4.79 Å². The van der Waals surface area contributed by atoms with E-state index < -0.39 is 0 Å².